The van der Waals surface area contributed by atoms with Crippen molar-refractivity contribution in [1.82, 2.24) is 5.32 Å². The first-order chi connectivity index (χ1) is 6.77. The Morgan fingerprint density at radius 3 is 3.00 bits per heavy atom. The van der Waals surface area contributed by atoms with Crippen molar-refractivity contribution in [2.75, 3.05) is 26.1 Å². The number of esters is 1. The zero-order valence-electron chi connectivity index (χ0n) is 8.59. The molecular weight excluding hydrogens is 202 g/mol. The second kappa shape index (κ2) is 6.25. The van der Waals surface area contributed by atoms with Crippen LogP contribution in [-0.4, -0.2) is 32.0 Å². The molecule has 1 saturated heterocycles. The molecule has 0 aliphatic carbocycles. The summed E-state index contributed by atoms with van der Waals surface area (Å²) < 4.78 is 4.69. The molecule has 0 aromatic heterocycles. The maximum absolute atomic E-state index is 11.2. The number of carbonyl (C=O) groups excluding carboxylic acids is 1. The molecule has 0 radical (unpaired) electrons. The van der Waals surface area contributed by atoms with Crippen LogP contribution in [0.25, 0.3) is 0 Å². The summed E-state index contributed by atoms with van der Waals surface area (Å²) in [5.74, 6) is 1.54. The molecule has 0 aromatic rings. The van der Waals surface area contributed by atoms with Crippen LogP contribution in [0, 0.1) is 11.8 Å². The average molecular weight is 220 g/mol. The zero-order valence-corrected chi connectivity index (χ0v) is 9.35. The summed E-state index contributed by atoms with van der Waals surface area (Å²) in [6.45, 7) is 1.98. The molecule has 0 spiro atoms. The fourth-order valence-electron chi connectivity index (χ4n) is 2.02. The van der Waals surface area contributed by atoms with E-state index in [0.717, 1.165) is 25.9 Å². The number of piperidine rings is 1. The van der Waals surface area contributed by atoms with Crippen LogP contribution in [0.1, 0.15) is 19.3 Å². The number of rotatable bonds is 4. The van der Waals surface area contributed by atoms with Gasteiger partial charge in [-0.2, -0.15) is 0 Å². The van der Waals surface area contributed by atoms with E-state index in [2.05, 4.69) is 10.1 Å². The van der Waals surface area contributed by atoms with Crippen molar-refractivity contribution in [3.8, 4) is 0 Å². The molecule has 1 fully saturated rings. The summed E-state index contributed by atoms with van der Waals surface area (Å²) in [7, 11) is 1.44. The normalized spacial score (nSPS) is 27.3. The van der Waals surface area contributed by atoms with Gasteiger partial charge in [-0.15, -0.1) is 11.6 Å². The van der Waals surface area contributed by atoms with E-state index in [9.17, 15) is 4.79 Å². The Morgan fingerprint density at radius 1 is 1.57 bits per heavy atom. The predicted octanol–water partition coefficient (Wildman–Crippen LogP) is 1.40. The first-order valence-corrected chi connectivity index (χ1v) is 5.65. The highest BCUT2D eigenvalue weighted by Crippen LogP contribution is 2.26. The number of hydrogen-bond donors (Lipinski definition) is 1. The predicted molar refractivity (Wildman–Crippen MR) is 56.4 cm³/mol. The number of hydrogen-bond acceptors (Lipinski definition) is 3. The number of alkyl halides is 1. The maximum atomic E-state index is 11.2. The van der Waals surface area contributed by atoms with Crippen molar-refractivity contribution in [1.29, 1.82) is 0 Å². The Morgan fingerprint density at radius 2 is 2.36 bits per heavy atom. The topological polar surface area (TPSA) is 38.3 Å². The van der Waals surface area contributed by atoms with Gasteiger partial charge < -0.3 is 10.1 Å². The van der Waals surface area contributed by atoms with Gasteiger partial charge in [0.2, 0.25) is 0 Å². The van der Waals surface area contributed by atoms with Crippen LogP contribution < -0.4 is 5.32 Å². The monoisotopic (exact) mass is 219 g/mol. The van der Waals surface area contributed by atoms with Gasteiger partial charge in [0.1, 0.15) is 0 Å². The molecule has 0 unspecified atom stereocenters. The van der Waals surface area contributed by atoms with Crippen LogP contribution in [0.2, 0.25) is 0 Å². The zero-order chi connectivity index (χ0) is 10.4. The van der Waals surface area contributed by atoms with E-state index in [1.165, 1.54) is 7.11 Å². The second-order valence-corrected chi connectivity index (χ2v) is 4.15. The molecule has 14 heavy (non-hydrogen) atoms. The van der Waals surface area contributed by atoms with E-state index in [1.54, 1.807) is 0 Å². The molecule has 0 aromatic carbocycles. The van der Waals surface area contributed by atoms with E-state index in [0.29, 0.717) is 24.1 Å². The van der Waals surface area contributed by atoms with E-state index in [1.807, 2.05) is 0 Å². The lowest BCUT2D eigenvalue weighted by atomic mass is 9.82. The maximum Gasteiger partial charge on any atom is 0.305 e. The Hall–Kier alpha value is -0.280. The van der Waals surface area contributed by atoms with Gasteiger partial charge in [0.15, 0.2) is 0 Å². The Labute approximate surface area is 90.1 Å². The molecule has 1 N–H and O–H groups in total. The van der Waals surface area contributed by atoms with Crippen molar-refractivity contribution < 1.29 is 9.53 Å². The van der Waals surface area contributed by atoms with Crippen LogP contribution in [-0.2, 0) is 9.53 Å². The van der Waals surface area contributed by atoms with E-state index in [-0.39, 0.29) is 5.97 Å². The Balaban J connectivity index is 2.41. The molecular formula is C10H18ClNO2. The molecule has 1 aliphatic rings. The van der Waals surface area contributed by atoms with Crippen molar-refractivity contribution >= 4 is 17.6 Å². The Kier molecular flexibility index (Phi) is 5.26. The number of ether oxygens (including phenoxy) is 1. The standard InChI is InChI=1S/C10H18ClNO2/c1-14-10(13)6-8-3-5-12-7-9(8)2-4-11/h8-9,12H,2-7H2,1H3/t8-,9-/m0/s1. The SMILES string of the molecule is COC(=O)C[C@@H]1CCNC[C@@H]1CCCl. The lowest BCUT2D eigenvalue weighted by Gasteiger charge is -2.31. The molecule has 3 nitrogen and oxygen atoms in total. The van der Waals surface area contributed by atoms with Gasteiger partial charge in [0.25, 0.3) is 0 Å². The summed E-state index contributed by atoms with van der Waals surface area (Å²) in [5.41, 5.74) is 0. The molecule has 0 bridgehead atoms. The third-order valence-corrected chi connectivity index (χ3v) is 3.12. The smallest absolute Gasteiger partial charge is 0.305 e. The molecule has 1 rings (SSSR count). The number of methoxy groups -OCH3 is 1. The molecule has 1 heterocycles. The van der Waals surface area contributed by atoms with E-state index < -0.39 is 0 Å². The molecule has 0 saturated carbocycles. The van der Waals surface area contributed by atoms with Gasteiger partial charge in [-0.05, 0) is 37.8 Å². The quantitative estimate of drug-likeness (QED) is 0.574. The van der Waals surface area contributed by atoms with Crippen LogP contribution in [0.3, 0.4) is 0 Å². The van der Waals surface area contributed by atoms with Crippen molar-refractivity contribution in [3.63, 3.8) is 0 Å². The van der Waals surface area contributed by atoms with Gasteiger partial charge in [-0.25, -0.2) is 0 Å². The highest BCUT2D eigenvalue weighted by Gasteiger charge is 2.26. The lowest BCUT2D eigenvalue weighted by Crippen LogP contribution is -2.37. The van der Waals surface area contributed by atoms with Crippen LogP contribution in [0.15, 0.2) is 0 Å². The lowest BCUT2D eigenvalue weighted by molar-refractivity contribution is -0.142. The van der Waals surface area contributed by atoms with Crippen molar-refractivity contribution in [2.45, 2.75) is 19.3 Å². The minimum absolute atomic E-state index is 0.100. The van der Waals surface area contributed by atoms with Crippen LogP contribution >= 0.6 is 11.6 Å². The third kappa shape index (κ3) is 3.46. The van der Waals surface area contributed by atoms with Crippen molar-refractivity contribution in [3.05, 3.63) is 0 Å². The molecule has 1 aliphatic heterocycles. The first kappa shape index (κ1) is 11.8. The van der Waals surface area contributed by atoms with Gasteiger partial charge in [0.05, 0.1) is 7.11 Å². The number of halogens is 1. The second-order valence-electron chi connectivity index (χ2n) is 3.77. The summed E-state index contributed by atoms with van der Waals surface area (Å²) in [6, 6.07) is 0. The fraction of sp³-hybridized carbons (Fsp3) is 0.900. The van der Waals surface area contributed by atoms with Crippen molar-refractivity contribution in [2.24, 2.45) is 11.8 Å². The molecule has 2 atom stereocenters. The molecule has 82 valence electrons. The van der Waals surface area contributed by atoms with Gasteiger partial charge in [-0.3, -0.25) is 4.79 Å². The van der Waals surface area contributed by atoms with Gasteiger partial charge >= 0.3 is 5.97 Å². The van der Waals surface area contributed by atoms with E-state index >= 15 is 0 Å². The first-order valence-electron chi connectivity index (χ1n) is 5.11. The van der Waals surface area contributed by atoms with Gasteiger partial charge in [-0.1, -0.05) is 0 Å². The fourth-order valence-corrected chi connectivity index (χ4v) is 2.30. The Bertz CT molecular complexity index is 185. The number of carbonyl (C=O) groups is 1. The third-order valence-electron chi connectivity index (χ3n) is 2.90. The highest BCUT2D eigenvalue weighted by molar-refractivity contribution is 6.17. The molecule has 4 heteroatoms. The summed E-state index contributed by atoms with van der Waals surface area (Å²) in [6.07, 6.45) is 2.58. The average Bonchev–Trinajstić information content (AvgIpc) is 2.21. The largest absolute Gasteiger partial charge is 0.469 e. The minimum Gasteiger partial charge on any atom is -0.469 e. The van der Waals surface area contributed by atoms with Crippen LogP contribution in [0.4, 0.5) is 0 Å². The van der Waals surface area contributed by atoms with Crippen LogP contribution in [0.5, 0.6) is 0 Å². The van der Waals surface area contributed by atoms with Gasteiger partial charge in [0, 0.05) is 12.3 Å². The summed E-state index contributed by atoms with van der Waals surface area (Å²) in [5, 5.41) is 3.33. The molecule has 0 amide bonds. The summed E-state index contributed by atoms with van der Waals surface area (Å²) >= 11 is 5.73. The number of nitrogens with one attached hydrogen (secondary N) is 1. The summed E-state index contributed by atoms with van der Waals surface area (Å²) in [4.78, 5) is 11.2. The highest BCUT2D eigenvalue weighted by atomic mass is 35.5. The minimum atomic E-state index is -0.100. The van der Waals surface area contributed by atoms with E-state index in [4.69, 9.17) is 11.6 Å².